The molecule has 0 aliphatic carbocycles. The van der Waals surface area contributed by atoms with E-state index in [4.69, 9.17) is 0 Å². The van der Waals surface area contributed by atoms with Gasteiger partial charge < -0.3 is 10.4 Å². The summed E-state index contributed by atoms with van der Waals surface area (Å²) in [6.07, 6.45) is 0.384. The Morgan fingerprint density at radius 3 is 2.83 bits per heavy atom. The van der Waals surface area contributed by atoms with Gasteiger partial charge in [0, 0.05) is 22.2 Å². The van der Waals surface area contributed by atoms with E-state index in [0.717, 1.165) is 0 Å². The minimum atomic E-state index is 0.0135. The largest absolute Gasteiger partial charge is 0.593 e. The van der Waals surface area contributed by atoms with Crippen molar-refractivity contribution in [2.45, 2.75) is 20.3 Å². The van der Waals surface area contributed by atoms with Gasteiger partial charge >= 0.3 is 0 Å². The molecule has 1 N–H and O–H groups in total. The number of nitroso groups, excluding NO2 is 1. The molecule has 0 radical (unpaired) electrons. The molecule has 0 saturated carbocycles. The van der Waals surface area contributed by atoms with Crippen molar-refractivity contribution >= 4 is 17.0 Å². The number of hydrogen-bond donors (Lipinski definition) is 1. The van der Waals surface area contributed by atoms with Crippen molar-refractivity contribution in [2.75, 3.05) is 0 Å². The van der Waals surface area contributed by atoms with E-state index in [9.17, 15) is 15.3 Å². The first-order valence-electron chi connectivity index (χ1n) is 5.48. The third-order valence-corrected chi connectivity index (χ3v) is 3.27. The van der Waals surface area contributed by atoms with Gasteiger partial charge in [0.05, 0.1) is 0 Å². The predicted octanol–water partition coefficient (Wildman–Crippen LogP) is 2.68. The molecule has 96 valence electrons. The van der Waals surface area contributed by atoms with Crippen LogP contribution in [0, 0.1) is 16.0 Å². The molecule has 0 fully saturated rings. The Labute approximate surface area is 108 Å². The van der Waals surface area contributed by atoms with Crippen molar-refractivity contribution in [3.05, 3.63) is 32.6 Å². The van der Waals surface area contributed by atoms with Gasteiger partial charge in [0.2, 0.25) is 5.69 Å². The molecule has 2 aromatic heterocycles. The van der Waals surface area contributed by atoms with Gasteiger partial charge in [-0.05, 0) is 27.4 Å². The summed E-state index contributed by atoms with van der Waals surface area (Å²) in [6.45, 7) is 3.85. The fraction of sp³-hybridized carbons (Fsp3) is 0.364. The van der Waals surface area contributed by atoms with Crippen LogP contribution in [-0.4, -0.2) is 10.1 Å². The van der Waals surface area contributed by atoms with Crippen LogP contribution in [0.5, 0.6) is 0 Å². The Morgan fingerprint density at radius 2 is 2.33 bits per heavy atom. The van der Waals surface area contributed by atoms with Crippen LogP contribution in [0.1, 0.15) is 19.5 Å². The summed E-state index contributed by atoms with van der Waals surface area (Å²) in [6, 6.07) is 1.72. The number of hydrogen-bond acceptors (Lipinski definition) is 5. The molecule has 0 aliphatic heterocycles. The van der Waals surface area contributed by atoms with Gasteiger partial charge in [-0.15, -0.1) is 4.91 Å². The third kappa shape index (κ3) is 1.97. The zero-order chi connectivity index (χ0) is 13.3. The zero-order valence-electron chi connectivity index (χ0n) is 10.0. The Hall–Kier alpha value is -1.89. The fourth-order valence-corrected chi connectivity index (χ4v) is 2.48. The summed E-state index contributed by atoms with van der Waals surface area (Å²) in [7, 11) is 0. The predicted molar refractivity (Wildman–Crippen MR) is 67.9 cm³/mol. The van der Waals surface area contributed by atoms with E-state index in [1.165, 1.54) is 11.3 Å². The van der Waals surface area contributed by atoms with Gasteiger partial charge in [-0.3, -0.25) is 0 Å². The van der Waals surface area contributed by atoms with E-state index in [2.05, 4.69) is 5.18 Å². The van der Waals surface area contributed by atoms with Gasteiger partial charge in [0.25, 0.3) is 5.69 Å². The van der Waals surface area contributed by atoms with Crippen LogP contribution in [-0.2, 0) is 6.42 Å². The van der Waals surface area contributed by atoms with E-state index in [1.807, 2.05) is 13.8 Å². The summed E-state index contributed by atoms with van der Waals surface area (Å²) >= 11 is 1.41. The molecule has 0 atom stereocenters. The molecule has 2 aromatic rings. The normalized spacial score (nSPS) is 11.1. The van der Waals surface area contributed by atoms with E-state index >= 15 is 0 Å². The molecule has 0 unspecified atom stereocenters. The number of thiophene rings is 1. The molecule has 0 bridgehead atoms. The summed E-state index contributed by atoms with van der Waals surface area (Å²) in [5, 5.41) is 28.1. The maximum atomic E-state index is 11.8. The zero-order valence-corrected chi connectivity index (χ0v) is 10.8. The van der Waals surface area contributed by atoms with Crippen molar-refractivity contribution in [2.24, 2.45) is 11.1 Å². The van der Waals surface area contributed by atoms with Gasteiger partial charge in [0.15, 0.2) is 5.69 Å². The first kappa shape index (κ1) is 12.6. The molecule has 18 heavy (non-hydrogen) atoms. The van der Waals surface area contributed by atoms with Gasteiger partial charge in [-0.1, -0.05) is 13.8 Å². The van der Waals surface area contributed by atoms with E-state index < -0.39 is 0 Å². The van der Waals surface area contributed by atoms with Gasteiger partial charge in [0.1, 0.15) is 0 Å². The Morgan fingerprint density at radius 1 is 1.61 bits per heavy atom. The van der Waals surface area contributed by atoms with Crippen LogP contribution in [0.15, 0.2) is 22.0 Å². The molecule has 0 spiro atoms. The molecule has 0 saturated heterocycles. The van der Waals surface area contributed by atoms with Gasteiger partial charge in [-0.25, -0.2) is 0 Å². The molecule has 0 aliphatic rings. The average molecular weight is 267 g/mol. The lowest BCUT2D eigenvalue weighted by Crippen LogP contribution is -2.40. The molecule has 6 nitrogen and oxygen atoms in total. The van der Waals surface area contributed by atoms with E-state index in [-0.39, 0.29) is 23.0 Å². The molecule has 0 amide bonds. The topological polar surface area (TPSA) is 81.5 Å². The molecule has 2 heterocycles. The van der Waals surface area contributed by atoms with Crippen molar-refractivity contribution < 1.29 is 10.1 Å². The highest BCUT2D eigenvalue weighted by Gasteiger charge is 2.30. The van der Waals surface area contributed by atoms with Crippen LogP contribution in [0.3, 0.4) is 0 Å². The lowest BCUT2D eigenvalue weighted by atomic mass is 10.1. The minimum Gasteiger partial charge on any atom is -0.593 e. The highest BCUT2D eigenvalue weighted by molar-refractivity contribution is 7.08. The smallest absolute Gasteiger partial charge is 0.254 e. The molecule has 0 aromatic carbocycles. The number of aromatic nitrogens is 2. The second-order valence-electron chi connectivity index (χ2n) is 4.41. The molecular formula is C11H13N3O3S. The summed E-state index contributed by atoms with van der Waals surface area (Å²) in [5.41, 5.74) is 0.969. The minimum absolute atomic E-state index is 0.0135. The van der Waals surface area contributed by atoms with Crippen molar-refractivity contribution in [3.8, 4) is 11.3 Å². The Balaban J connectivity index is 2.63. The lowest BCUT2D eigenvalue weighted by Gasteiger charge is -2.01. The monoisotopic (exact) mass is 267 g/mol. The summed E-state index contributed by atoms with van der Waals surface area (Å²) in [5.74, 6) is 0.184. The first-order valence-corrected chi connectivity index (χ1v) is 6.43. The molecular weight excluding hydrogens is 254 g/mol. The second-order valence-corrected chi connectivity index (χ2v) is 5.19. The van der Waals surface area contributed by atoms with Crippen LogP contribution in [0.4, 0.5) is 5.69 Å². The average Bonchev–Trinajstić information content (AvgIpc) is 2.90. The molecule has 7 heteroatoms. The third-order valence-electron chi connectivity index (χ3n) is 2.59. The lowest BCUT2D eigenvalue weighted by molar-refractivity contribution is -0.730. The first-order chi connectivity index (χ1) is 8.56. The maximum absolute atomic E-state index is 11.8. The highest BCUT2D eigenvalue weighted by atomic mass is 32.1. The second kappa shape index (κ2) is 4.77. The van der Waals surface area contributed by atoms with Crippen LogP contribution >= 0.6 is 11.3 Å². The number of rotatable bonds is 4. The van der Waals surface area contributed by atoms with Crippen molar-refractivity contribution in [1.29, 1.82) is 0 Å². The van der Waals surface area contributed by atoms with Crippen LogP contribution < -0.4 is 4.85 Å². The van der Waals surface area contributed by atoms with Gasteiger partial charge in [-0.2, -0.15) is 11.3 Å². The summed E-state index contributed by atoms with van der Waals surface area (Å²) < 4.78 is 0. The number of nitrogens with zero attached hydrogens (tertiary/aromatic N) is 3. The Bertz CT molecular complexity index is 561. The maximum Gasteiger partial charge on any atom is 0.254 e. The highest BCUT2D eigenvalue weighted by Crippen LogP contribution is 2.34. The van der Waals surface area contributed by atoms with Crippen molar-refractivity contribution in [3.63, 3.8) is 0 Å². The van der Waals surface area contributed by atoms with Crippen molar-refractivity contribution in [1.82, 2.24) is 4.85 Å². The molecule has 2 rings (SSSR count). The summed E-state index contributed by atoms with van der Waals surface area (Å²) in [4.78, 5) is 11.7. The fourth-order valence-electron chi connectivity index (χ4n) is 1.84. The quantitative estimate of drug-likeness (QED) is 0.400. The van der Waals surface area contributed by atoms with Crippen LogP contribution in [0.2, 0.25) is 0 Å². The SMILES string of the molecule is CC(C)Cc1c(N=O)c(-c2ccsc2)n(O)[n+]1[O-]. The van der Waals surface area contributed by atoms with E-state index in [1.54, 1.807) is 16.8 Å². The van der Waals surface area contributed by atoms with Crippen LogP contribution in [0.25, 0.3) is 11.3 Å². The standard InChI is InChI=1S/C11H13N3O3S/c1-7(2)5-9-10(12-15)11(14(17)13(9)16)8-3-4-18-6-8/h3-4,6-7,17H,5H2,1-2H3. The Kier molecular flexibility index (Phi) is 3.33. The van der Waals surface area contributed by atoms with E-state index in [0.29, 0.717) is 21.7 Å².